The highest BCUT2D eigenvalue weighted by Crippen LogP contribution is 2.34. The van der Waals surface area contributed by atoms with E-state index in [0.717, 1.165) is 0 Å². The molecule has 2 aromatic carbocycles. The normalized spacial score (nSPS) is 16.7. The van der Waals surface area contributed by atoms with Crippen LogP contribution in [0.3, 0.4) is 0 Å². The first-order valence-electron chi connectivity index (χ1n) is 8.81. The molecule has 0 bridgehead atoms. The van der Waals surface area contributed by atoms with Gasteiger partial charge in [0, 0.05) is 29.9 Å². The highest BCUT2D eigenvalue weighted by molar-refractivity contribution is 6.30. The molecule has 0 aromatic heterocycles. The fourth-order valence-corrected chi connectivity index (χ4v) is 3.35. The summed E-state index contributed by atoms with van der Waals surface area (Å²) in [5.41, 5.74) is 1.20. The summed E-state index contributed by atoms with van der Waals surface area (Å²) in [7, 11) is 3.11. The number of nitrogens with zero attached hydrogens (tertiary/aromatic N) is 2. The SMILES string of the molecule is COc1ccc(OC)c(N2CCN(C(=O)Nc3cccc(Cl)c3)C(C)C2=O)c1. The molecule has 7 nitrogen and oxygen atoms in total. The summed E-state index contributed by atoms with van der Waals surface area (Å²) in [6, 6.07) is 11.2. The van der Waals surface area contributed by atoms with Gasteiger partial charge in [-0.3, -0.25) is 4.79 Å². The molecule has 1 N–H and O–H groups in total. The predicted molar refractivity (Wildman–Crippen MR) is 109 cm³/mol. The first kappa shape index (κ1) is 19.8. The molecule has 0 aliphatic carbocycles. The minimum atomic E-state index is -0.635. The smallest absolute Gasteiger partial charge is 0.322 e. The van der Waals surface area contributed by atoms with Crippen molar-refractivity contribution in [1.82, 2.24) is 4.90 Å². The number of ether oxygens (including phenoxy) is 2. The zero-order chi connectivity index (χ0) is 20.3. The van der Waals surface area contributed by atoms with Crippen molar-refractivity contribution in [2.75, 3.05) is 37.5 Å². The number of benzene rings is 2. The van der Waals surface area contributed by atoms with Gasteiger partial charge in [-0.05, 0) is 37.3 Å². The third-order valence-electron chi connectivity index (χ3n) is 4.67. The van der Waals surface area contributed by atoms with Crippen LogP contribution in [0.1, 0.15) is 6.92 Å². The summed E-state index contributed by atoms with van der Waals surface area (Å²) in [6.45, 7) is 2.42. The number of nitrogens with one attached hydrogen (secondary N) is 1. The molecule has 0 saturated carbocycles. The van der Waals surface area contributed by atoms with E-state index in [1.165, 1.54) is 4.90 Å². The van der Waals surface area contributed by atoms with Gasteiger partial charge in [0.25, 0.3) is 0 Å². The molecule has 2 aromatic rings. The molecular formula is C20H22ClN3O4. The van der Waals surface area contributed by atoms with Gasteiger partial charge in [0.05, 0.1) is 19.9 Å². The molecular weight excluding hydrogens is 382 g/mol. The highest BCUT2D eigenvalue weighted by atomic mass is 35.5. The summed E-state index contributed by atoms with van der Waals surface area (Å²) in [6.07, 6.45) is 0. The summed E-state index contributed by atoms with van der Waals surface area (Å²) < 4.78 is 10.7. The Morgan fingerprint density at radius 1 is 1.14 bits per heavy atom. The Morgan fingerprint density at radius 3 is 2.61 bits per heavy atom. The number of methoxy groups -OCH3 is 2. The van der Waals surface area contributed by atoms with E-state index in [1.54, 1.807) is 68.5 Å². The quantitative estimate of drug-likeness (QED) is 0.846. The number of amides is 3. The summed E-state index contributed by atoms with van der Waals surface area (Å²) >= 11 is 5.96. The van der Waals surface area contributed by atoms with Crippen LogP contribution in [0.2, 0.25) is 5.02 Å². The van der Waals surface area contributed by atoms with Crippen LogP contribution in [0.5, 0.6) is 11.5 Å². The molecule has 1 atom stereocenters. The van der Waals surface area contributed by atoms with E-state index in [9.17, 15) is 9.59 Å². The molecule has 3 rings (SSSR count). The van der Waals surface area contributed by atoms with E-state index in [1.807, 2.05) is 0 Å². The highest BCUT2D eigenvalue weighted by Gasteiger charge is 2.36. The van der Waals surface area contributed by atoms with Crippen molar-refractivity contribution in [1.29, 1.82) is 0 Å². The maximum atomic E-state index is 13.0. The number of piperazine rings is 1. The van der Waals surface area contributed by atoms with E-state index in [4.69, 9.17) is 21.1 Å². The average Bonchev–Trinajstić information content (AvgIpc) is 2.69. The summed E-state index contributed by atoms with van der Waals surface area (Å²) in [4.78, 5) is 28.8. The van der Waals surface area contributed by atoms with Gasteiger partial charge in [-0.1, -0.05) is 17.7 Å². The molecule has 1 heterocycles. The van der Waals surface area contributed by atoms with Gasteiger partial charge in [-0.25, -0.2) is 4.79 Å². The Hall–Kier alpha value is -2.93. The lowest BCUT2D eigenvalue weighted by Gasteiger charge is -2.39. The maximum Gasteiger partial charge on any atom is 0.322 e. The van der Waals surface area contributed by atoms with Crippen molar-refractivity contribution in [3.63, 3.8) is 0 Å². The Labute approximate surface area is 168 Å². The van der Waals surface area contributed by atoms with Crippen LogP contribution in [0.4, 0.5) is 16.2 Å². The molecule has 8 heteroatoms. The summed E-state index contributed by atoms with van der Waals surface area (Å²) in [5.74, 6) is 0.995. The molecule has 3 amide bonds. The fraction of sp³-hybridized carbons (Fsp3) is 0.300. The molecule has 0 spiro atoms. The number of carbonyl (C=O) groups is 2. The van der Waals surface area contributed by atoms with Gasteiger partial charge in [0.15, 0.2) is 0 Å². The van der Waals surface area contributed by atoms with Crippen molar-refractivity contribution >= 4 is 34.9 Å². The molecule has 28 heavy (non-hydrogen) atoms. The van der Waals surface area contributed by atoms with Crippen molar-refractivity contribution in [2.24, 2.45) is 0 Å². The number of rotatable bonds is 4. The van der Waals surface area contributed by atoms with E-state index < -0.39 is 6.04 Å². The predicted octanol–water partition coefficient (Wildman–Crippen LogP) is 3.63. The molecule has 0 radical (unpaired) electrons. The van der Waals surface area contributed by atoms with Crippen LogP contribution in [0, 0.1) is 0 Å². The van der Waals surface area contributed by atoms with Gasteiger partial charge in [0.1, 0.15) is 17.5 Å². The zero-order valence-electron chi connectivity index (χ0n) is 15.9. The molecule has 148 valence electrons. The van der Waals surface area contributed by atoms with E-state index in [2.05, 4.69) is 5.32 Å². The van der Waals surface area contributed by atoms with Gasteiger partial charge in [0.2, 0.25) is 5.91 Å². The number of hydrogen-bond donors (Lipinski definition) is 1. The van der Waals surface area contributed by atoms with Crippen LogP contribution in [-0.2, 0) is 4.79 Å². The number of hydrogen-bond acceptors (Lipinski definition) is 4. The second-order valence-corrected chi connectivity index (χ2v) is 6.77. The van der Waals surface area contributed by atoms with E-state index in [0.29, 0.717) is 41.0 Å². The van der Waals surface area contributed by atoms with Crippen LogP contribution in [0.15, 0.2) is 42.5 Å². The minimum Gasteiger partial charge on any atom is -0.497 e. The van der Waals surface area contributed by atoms with E-state index in [-0.39, 0.29) is 11.9 Å². The first-order valence-corrected chi connectivity index (χ1v) is 9.19. The largest absolute Gasteiger partial charge is 0.497 e. The van der Waals surface area contributed by atoms with Crippen LogP contribution < -0.4 is 19.7 Å². The topological polar surface area (TPSA) is 71.1 Å². The Bertz CT molecular complexity index is 890. The van der Waals surface area contributed by atoms with Gasteiger partial charge in [-0.15, -0.1) is 0 Å². The Morgan fingerprint density at radius 2 is 1.93 bits per heavy atom. The van der Waals surface area contributed by atoms with Crippen LogP contribution in [-0.4, -0.2) is 50.2 Å². The fourth-order valence-electron chi connectivity index (χ4n) is 3.16. The van der Waals surface area contributed by atoms with Crippen molar-refractivity contribution in [3.05, 3.63) is 47.5 Å². The van der Waals surface area contributed by atoms with Crippen LogP contribution >= 0.6 is 11.6 Å². The summed E-state index contributed by atoms with van der Waals surface area (Å²) in [5, 5.41) is 3.31. The van der Waals surface area contributed by atoms with Gasteiger partial charge >= 0.3 is 6.03 Å². The zero-order valence-corrected chi connectivity index (χ0v) is 16.7. The first-order chi connectivity index (χ1) is 13.4. The number of anilines is 2. The molecule has 1 aliphatic rings. The second-order valence-electron chi connectivity index (χ2n) is 6.34. The maximum absolute atomic E-state index is 13.0. The van der Waals surface area contributed by atoms with Gasteiger partial charge < -0.3 is 24.6 Å². The number of carbonyl (C=O) groups excluding carboxylic acids is 2. The molecule has 1 fully saturated rings. The molecule has 1 aliphatic heterocycles. The standard InChI is InChI=1S/C20H22ClN3O4/c1-13-19(25)24(17-12-16(27-2)7-8-18(17)28-3)10-9-23(13)20(26)22-15-6-4-5-14(21)11-15/h4-8,11-13H,9-10H2,1-3H3,(H,22,26). The lowest BCUT2D eigenvalue weighted by molar-refractivity contribution is -0.123. The third kappa shape index (κ3) is 3.99. The van der Waals surface area contributed by atoms with E-state index >= 15 is 0 Å². The average molecular weight is 404 g/mol. The van der Waals surface area contributed by atoms with Crippen molar-refractivity contribution in [2.45, 2.75) is 13.0 Å². The number of halogens is 1. The molecule has 1 saturated heterocycles. The van der Waals surface area contributed by atoms with Crippen molar-refractivity contribution in [3.8, 4) is 11.5 Å². The number of urea groups is 1. The lowest BCUT2D eigenvalue weighted by Crippen LogP contribution is -2.58. The Balaban J connectivity index is 1.77. The third-order valence-corrected chi connectivity index (χ3v) is 4.90. The monoisotopic (exact) mass is 403 g/mol. The second kappa shape index (κ2) is 8.39. The molecule has 1 unspecified atom stereocenters. The lowest BCUT2D eigenvalue weighted by atomic mass is 10.1. The minimum absolute atomic E-state index is 0.195. The van der Waals surface area contributed by atoms with Crippen molar-refractivity contribution < 1.29 is 19.1 Å². The van der Waals surface area contributed by atoms with Crippen LogP contribution in [0.25, 0.3) is 0 Å². The Kier molecular flexibility index (Phi) is 5.94. The van der Waals surface area contributed by atoms with Gasteiger partial charge in [-0.2, -0.15) is 0 Å².